The van der Waals surface area contributed by atoms with E-state index in [4.69, 9.17) is 5.11 Å². The first kappa shape index (κ1) is 11.9. The van der Waals surface area contributed by atoms with Crippen molar-refractivity contribution in [2.45, 2.75) is 52.0 Å². The topological polar surface area (TPSA) is 40.5 Å². The van der Waals surface area contributed by atoms with Crippen LogP contribution in [-0.2, 0) is 4.79 Å². The Bertz CT molecular complexity index is 273. The lowest BCUT2D eigenvalue weighted by Gasteiger charge is -2.29. The van der Waals surface area contributed by atoms with Crippen LogP contribution < -0.4 is 0 Å². The van der Waals surface area contributed by atoms with Gasteiger partial charge in [0.05, 0.1) is 0 Å². The molecule has 1 saturated heterocycles. The summed E-state index contributed by atoms with van der Waals surface area (Å²) in [6.45, 7) is 7.00. The normalized spacial score (nSPS) is 30.2. The van der Waals surface area contributed by atoms with Crippen molar-refractivity contribution < 1.29 is 9.90 Å². The lowest BCUT2D eigenvalue weighted by atomic mass is 9.99. The summed E-state index contributed by atoms with van der Waals surface area (Å²) in [6, 6.07) is 0.683. The summed E-state index contributed by atoms with van der Waals surface area (Å²) >= 11 is 0. The fourth-order valence-electron chi connectivity index (χ4n) is 2.83. The monoisotopic (exact) mass is 225 g/mol. The van der Waals surface area contributed by atoms with E-state index in [0.29, 0.717) is 23.8 Å². The van der Waals surface area contributed by atoms with Crippen molar-refractivity contribution in [2.24, 2.45) is 11.3 Å². The zero-order chi connectivity index (χ0) is 11.8. The number of rotatable bonds is 5. The van der Waals surface area contributed by atoms with Gasteiger partial charge >= 0.3 is 5.97 Å². The van der Waals surface area contributed by atoms with Gasteiger partial charge in [0.1, 0.15) is 0 Å². The molecular formula is C13H23NO2. The average Bonchev–Trinajstić information content (AvgIpc) is 2.82. The molecule has 3 nitrogen and oxygen atoms in total. The molecule has 0 aromatic rings. The molecule has 1 aliphatic carbocycles. The molecule has 2 atom stereocenters. The van der Waals surface area contributed by atoms with Crippen LogP contribution in [0.5, 0.6) is 0 Å². The van der Waals surface area contributed by atoms with Gasteiger partial charge in [-0.2, -0.15) is 0 Å². The molecule has 2 rings (SSSR count). The van der Waals surface area contributed by atoms with E-state index in [9.17, 15) is 4.79 Å². The van der Waals surface area contributed by atoms with Crippen LogP contribution in [0.4, 0.5) is 0 Å². The number of aliphatic carboxylic acids is 1. The van der Waals surface area contributed by atoms with E-state index in [1.54, 1.807) is 0 Å². The minimum Gasteiger partial charge on any atom is -0.481 e. The highest BCUT2D eigenvalue weighted by molar-refractivity contribution is 5.66. The van der Waals surface area contributed by atoms with Crippen molar-refractivity contribution in [1.82, 2.24) is 4.90 Å². The van der Waals surface area contributed by atoms with Crippen molar-refractivity contribution in [3.05, 3.63) is 0 Å². The maximum absolute atomic E-state index is 10.5. The molecule has 2 aliphatic rings. The highest BCUT2D eigenvalue weighted by Gasteiger charge is 2.45. The highest BCUT2D eigenvalue weighted by Crippen LogP contribution is 2.50. The summed E-state index contributed by atoms with van der Waals surface area (Å²) < 4.78 is 0. The van der Waals surface area contributed by atoms with Gasteiger partial charge in [0.15, 0.2) is 0 Å². The Labute approximate surface area is 97.8 Å². The van der Waals surface area contributed by atoms with E-state index in [0.717, 1.165) is 13.0 Å². The Kier molecular flexibility index (Phi) is 3.24. The van der Waals surface area contributed by atoms with Crippen LogP contribution in [0.3, 0.4) is 0 Å². The summed E-state index contributed by atoms with van der Waals surface area (Å²) in [5.41, 5.74) is 0.557. The van der Waals surface area contributed by atoms with Crippen LogP contribution in [0.15, 0.2) is 0 Å². The van der Waals surface area contributed by atoms with Gasteiger partial charge in [-0.05, 0) is 50.5 Å². The number of hydrogen-bond acceptors (Lipinski definition) is 2. The molecule has 1 saturated carbocycles. The summed E-state index contributed by atoms with van der Waals surface area (Å²) in [6.07, 6.45) is 5.11. The Hall–Kier alpha value is -0.570. The first-order valence-electron chi connectivity index (χ1n) is 6.47. The number of carboxylic acids is 1. The van der Waals surface area contributed by atoms with Gasteiger partial charge in [-0.25, -0.2) is 0 Å². The van der Waals surface area contributed by atoms with Gasteiger partial charge < -0.3 is 5.11 Å². The van der Waals surface area contributed by atoms with Gasteiger partial charge in [-0.1, -0.05) is 6.92 Å². The Balaban J connectivity index is 1.77. The summed E-state index contributed by atoms with van der Waals surface area (Å²) in [5.74, 6) is -0.0402. The van der Waals surface area contributed by atoms with Crippen molar-refractivity contribution in [3.8, 4) is 0 Å². The fraction of sp³-hybridized carbons (Fsp3) is 0.923. The summed E-state index contributed by atoms with van der Waals surface area (Å²) in [7, 11) is 0. The largest absolute Gasteiger partial charge is 0.481 e. The van der Waals surface area contributed by atoms with Gasteiger partial charge in [0, 0.05) is 19.0 Å². The van der Waals surface area contributed by atoms with Crippen molar-refractivity contribution >= 4 is 5.97 Å². The van der Waals surface area contributed by atoms with Crippen LogP contribution >= 0.6 is 0 Å². The minimum absolute atomic E-state index is 0.337. The zero-order valence-electron chi connectivity index (χ0n) is 10.4. The average molecular weight is 225 g/mol. The fourth-order valence-corrected chi connectivity index (χ4v) is 2.83. The van der Waals surface area contributed by atoms with Crippen molar-refractivity contribution in [3.63, 3.8) is 0 Å². The Morgan fingerprint density at radius 1 is 1.56 bits per heavy atom. The molecule has 1 N–H and O–H groups in total. The molecule has 0 bridgehead atoms. The number of nitrogens with zero attached hydrogens (tertiary/aromatic N) is 1. The first-order chi connectivity index (χ1) is 7.51. The second kappa shape index (κ2) is 4.36. The Morgan fingerprint density at radius 2 is 2.25 bits per heavy atom. The predicted octanol–water partition coefficient (Wildman–Crippen LogP) is 2.36. The van der Waals surface area contributed by atoms with E-state index in [1.165, 1.54) is 25.8 Å². The zero-order valence-corrected chi connectivity index (χ0v) is 10.4. The standard InChI is InChI=1S/C13H23NO2/c1-10(13(2)6-7-13)14-8-5-11(9-14)3-4-12(15)16/h10-11H,3-9H2,1-2H3,(H,15,16). The maximum Gasteiger partial charge on any atom is 0.303 e. The summed E-state index contributed by atoms with van der Waals surface area (Å²) in [4.78, 5) is 13.1. The lowest BCUT2D eigenvalue weighted by Crippen LogP contribution is -2.36. The number of hydrogen-bond donors (Lipinski definition) is 1. The molecule has 0 spiro atoms. The molecule has 16 heavy (non-hydrogen) atoms. The van der Waals surface area contributed by atoms with Crippen LogP contribution in [-0.4, -0.2) is 35.1 Å². The molecule has 0 amide bonds. The van der Waals surface area contributed by atoms with E-state index in [1.807, 2.05) is 0 Å². The summed E-state index contributed by atoms with van der Waals surface area (Å²) in [5, 5.41) is 8.67. The molecule has 1 aliphatic heterocycles. The van der Waals surface area contributed by atoms with E-state index in [-0.39, 0.29) is 0 Å². The molecule has 2 fully saturated rings. The molecule has 0 radical (unpaired) electrons. The molecule has 2 unspecified atom stereocenters. The minimum atomic E-state index is -0.652. The number of carbonyl (C=O) groups is 1. The smallest absolute Gasteiger partial charge is 0.303 e. The predicted molar refractivity (Wildman–Crippen MR) is 63.4 cm³/mol. The second-order valence-electron chi connectivity index (χ2n) is 5.91. The van der Waals surface area contributed by atoms with E-state index < -0.39 is 5.97 Å². The van der Waals surface area contributed by atoms with Crippen molar-refractivity contribution in [1.29, 1.82) is 0 Å². The third-order valence-electron chi connectivity index (χ3n) is 4.68. The number of likely N-dealkylation sites (tertiary alicyclic amines) is 1. The quantitative estimate of drug-likeness (QED) is 0.781. The maximum atomic E-state index is 10.5. The van der Waals surface area contributed by atoms with E-state index in [2.05, 4.69) is 18.7 Å². The van der Waals surface area contributed by atoms with Gasteiger partial charge in [0.2, 0.25) is 0 Å². The van der Waals surface area contributed by atoms with Gasteiger partial charge in [-0.3, -0.25) is 9.69 Å². The molecule has 92 valence electrons. The third-order valence-corrected chi connectivity index (χ3v) is 4.68. The molecular weight excluding hydrogens is 202 g/mol. The molecule has 0 aromatic carbocycles. The lowest BCUT2D eigenvalue weighted by molar-refractivity contribution is -0.137. The van der Waals surface area contributed by atoms with Gasteiger partial charge in [0.25, 0.3) is 0 Å². The first-order valence-corrected chi connectivity index (χ1v) is 6.47. The SMILES string of the molecule is CC(N1CCC(CCC(=O)O)C1)C1(C)CC1. The van der Waals surface area contributed by atoms with Crippen molar-refractivity contribution in [2.75, 3.05) is 13.1 Å². The third kappa shape index (κ3) is 2.57. The number of carboxylic acid groups (broad SMARTS) is 1. The molecule has 3 heteroatoms. The molecule has 1 heterocycles. The van der Waals surface area contributed by atoms with Crippen LogP contribution in [0.25, 0.3) is 0 Å². The Morgan fingerprint density at radius 3 is 2.81 bits per heavy atom. The molecule has 0 aromatic heterocycles. The van der Waals surface area contributed by atoms with Crippen LogP contribution in [0.1, 0.15) is 46.0 Å². The van der Waals surface area contributed by atoms with E-state index >= 15 is 0 Å². The van der Waals surface area contributed by atoms with Crippen LogP contribution in [0, 0.1) is 11.3 Å². The highest BCUT2D eigenvalue weighted by atomic mass is 16.4. The van der Waals surface area contributed by atoms with Gasteiger partial charge in [-0.15, -0.1) is 0 Å². The second-order valence-corrected chi connectivity index (χ2v) is 5.91. The van der Waals surface area contributed by atoms with Crippen LogP contribution in [0.2, 0.25) is 0 Å².